The number of rotatable bonds is 4. The van der Waals surface area contributed by atoms with Gasteiger partial charge >= 0.3 is 6.03 Å². The number of oxazole rings is 1. The molecule has 1 N–H and O–H groups in total. The number of hydrogen-bond donors (Lipinski definition) is 1. The monoisotopic (exact) mass is 431 g/mol. The van der Waals surface area contributed by atoms with Gasteiger partial charge in [0, 0.05) is 6.54 Å². The number of para-hydroxylation sites is 1. The molecule has 1 aromatic heterocycles. The van der Waals surface area contributed by atoms with E-state index in [-0.39, 0.29) is 17.8 Å². The molecule has 4 aromatic rings. The van der Waals surface area contributed by atoms with Gasteiger partial charge in [-0.3, -0.25) is 0 Å². The molecular formula is C25H22FN3O3. The van der Waals surface area contributed by atoms with Crippen LogP contribution >= 0.6 is 0 Å². The van der Waals surface area contributed by atoms with E-state index in [9.17, 15) is 9.18 Å². The lowest BCUT2D eigenvalue weighted by atomic mass is 10.1. The van der Waals surface area contributed by atoms with Crippen LogP contribution in [0.15, 0.2) is 71.1 Å². The number of urea groups is 1. The maximum atomic E-state index is 13.9. The first-order valence-electron chi connectivity index (χ1n) is 10.5. The molecule has 3 aromatic carbocycles. The average Bonchev–Trinajstić information content (AvgIpc) is 3.47. The zero-order valence-electron chi connectivity index (χ0n) is 17.5. The number of fused-ring (bicyclic) bond motifs is 1. The van der Waals surface area contributed by atoms with E-state index in [1.807, 2.05) is 42.5 Å². The smallest absolute Gasteiger partial charge is 0.322 e. The van der Waals surface area contributed by atoms with Gasteiger partial charge in [0.2, 0.25) is 5.89 Å². The highest BCUT2D eigenvalue weighted by molar-refractivity contribution is 5.90. The summed E-state index contributed by atoms with van der Waals surface area (Å²) in [6.07, 6.45) is 1.56. The van der Waals surface area contributed by atoms with Crippen LogP contribution in [0.4, 0.5) is 14.9 Å². The molecule has 0 saturated carbocycles. The molecule has 0 radical (unpaired) electrons. The molecule has 5 rings (SSSR count). The first-order valence-corrected chi connectivity index (χ1v) is 10.5. The molecule has 32 heavy (non-hydrogen) atoms. The van der Waals surface area contributed by atoms with Crippen LogP contribution in [0.25, 0.3) is 22.2 Å². The first-order chi connectivity index (χ1) is 15.6. The molecule has 7 heteroatoms. The number of nitrogens with zero attached hydrogens (tertiary/aromatic N) is 2. The summed E-state index contributed by atoms with van der Waals surface area (Å²) >= 11 is 0. The van der Waals surface area contributed by atoms with Crippen molar-refractivity contribution in [1.29, 1.82) is 0 Å². The van der Waals surface area contributed by atoms with Crippen LogP contribution < -0.4 is 10.1 Å². The summed E-state index contributed by atoms with van der Waals surface area (Å²) in [5.41, 5.74) is 3.61. The summed E-state index contributed by atoms with van der Waals surface area (Å²) in [5, 5.41) is 2.66. The maximum absolute atomic E-state index is 13.9. The lowest BCUT2D eigenvalue weighted by Gasteiger charge is -2.22. The summed E-state index contributed by atoms with van der Waals surface area (Å²) < 4.78 is 25.2. The van der Waals surface area contributed by atoms with Crippen molar-refractivity contribution in [2.75, 3.05) is 19.0 Å². The highest BCUT2D eigenvalue weighted by Gasteiger charge is 2.34. The summed E-state index contributed by atoms with van der Waals surface area (Å²) in [7, 11) is 1.64. The number of likely N-dealkylation sites (tertiary alicyclic amines) is 1. The van der Waals surface area contributed by atoms with Crippen LogP contribution in [0.3, 0.4) is 0 Å². The molecule has 1 fully saturated rings. The average molecular weight is 431 g/mol. The van der Waals surface area contributed by atoms with E-state index >= 15 is 0 Å². The number of aromatic nitrogens is 1. The Kier molecular flexibility index (Phi) is 5.23. The van der Waals surface area contributed by atoms with Crippen LogP contribution in [0.5, 0.6) is 5.75 Å². The highest BCUT2D eigenvalue weighted by Crippen LogP contribution is 2.35. The first kappa shape index (κ1) is 20.1. The van der Waals surface area contributed by atoms with E-state index in [1.54, 1.807) is 30.2 Å². The second-order valence-corrected chi connectivity index (χ2v) is 7.72. The van der Waals surface area contributed by atoms with Crippen LogP contribution in [0, 0.1) is 5.82 Å². The minimum Gasteiger partial charge on any atom is -0.497 e. The largest absolute Gasteiger partial charge is 0.497 e. The number of halogens is 1. The van der Waals surface area contributed by atoms with Crippen molar-refractivity contribution in [1.82, 2.24) is 9.88 Å². The normalized spacial score (nSPS) is 15.8. The van der Waals surface area contributed by atoms with Crippen LogP contribution in [0.1, 0.15) is 24.8 Å². The van der Waals surface area contributed by atoms with Crippen LogP contribution in [-0.4, -0.2) is 29.6 Å². The Morgan fingerprint density at radius 2 is 1.91 bits per heavy atom. The number of carbonyl (C=O) groups excluding carboxylic acids is 1. The van der Waals surface area contributed by atoms with Gasteiger partial charge in [-0.15, -0.1) is 0 Å². The number of methoxy groups -OCH3 is 1. The third kappa shape index (κ3) is 3.77. The summed E-state index contributed by atoms with van der Waals surface area (Å²) in [6.45, 7) is 0.556. The minimum atomic E-state index is -0.468. The molecule has 6 nitrogen and oxygen atoms in total. The van der Waals surface area contributed by atoms with Gasteiger partial charge in [-0.05, 0) is 60.4 Å². The number of hydrogen-bond acceptors (Lipinski definition) is 4. The number of nitrogens with one attached hydrogen (secondary N) is 1. The molecule has 0 bridgehead atoms. The van der Waals surface area contributed by atoms with E-state index in [0.717, 1.165) is 35.2 Å². The van der Waals surface area contributed by atoms with Gasteiger partial charge in [-0.1, -0.05) is 30.3 Å². The van der Waals surface area contributed by atoms with E-state index < -0.39 is 5.82 Å². The van der Waals surface area contributed by atoms with Crippen LogP contribution in [0.2, 0.25) is 0 Å². The van der Waals surface area contributed by atoms with Crippen molar-refractivity contribution in [2.45, 2.75) is 18.9 Å². The Bertz CT molecular complexity index is 1270. The zero-order valence-corrected chi connectivity index (χ0v) is 17.5. The SMILES string of the molecule is COc1ccc(-c2ccc3oc([C@@H]4CCCN4C(=O)Nc4ccccc4F)nc3c2)cc1. The Balaban J connectivity index is 1.39. The Labute approximate surface area is 184 Å². The zero-order chi connectivity index (χ0) is 22.1. The van der Waals surface area contributed by atoms with Crippen molar-refractivity contribution in [3.8, 4) is 16.9 Å². The fourth-order valence-corrected chi connectivity index (χ4v) is 4.07. The summed E-state index contributed by atoms with van der Waals surface area (Å²) in [5.74, 6) is 0.825. The van der Waals surface area contributed by atoms with E-state index in [0.29, 0.717) is 18.0 Å². The van der Waals surface area contributed by atoms with Crippen molar-refractivity contribution < 1.29 is 18.3 Å². The lowest BCUT2D eigenvalue weighted by Crippen LogP contribution is -2.34. The van der Waals surface area contributed by atoms with Gasteiger partial charge in [0.15, 0.2) is 5.58 Å². The third-order valence-electron chi connectivity index (χ3n) is 5.74. The molecular weight excluding hydrogens is 409 g/mol. The van der Waals surface area contributed by atoms with E-state index in [1.165, 1.54) is 6.07 Å². The topological polar surface area (TPSA) is 67.6 Å². The fourth-order valence-electron chi connectivity index (χ4n) is 4.07. The van der Waals surface area contributed by atoms with Gasteiger partial charge in [0.1, 0.15) is 23.1 Å². The number of anilines is 1. The molecule has 1 aliphatic rings. The molecule has 0 unspecified atom stereocenters. The quantitative estimate of drug-likeness (QED) is 0.430. The highest BCUT2D eigenvalue weighted by atomic mass is 19.1. The predicted octanol–water partition coefficient (Wildman–Crippen LogP) is 6.01. The third-order valence-corrected chi connectivity index (χ3v) is 5.74. The number of amides is 2. The molecule has 162 valence electrons. The van der Waals surface area contributed by atoms with Gasteiger partial charge < -0.3 is 19.4 Å². The van der Waals surface area contributed by atoms with Crippen molar-refractivity contribution >= 4 is 22.8 Å². The van der Waals surface area contributed by atoms with Crippen molar-refractivity contribution in [3.05, 3.63) is 78.4 Å². The maximum Gasteiger partial charge on any atom is 0.322 e. The number of ether oxygens (including phenoxy) is 1. The van der Waals surface area contributed by atoms with Crippen LogP contribution in [-0.2, 0) is 0 Å². The van der Waals surface area contributed by atoms with Crippen molar-refractivity contribution in [3.63, 3.8) is 0 Å². The molecule has 2 amide bonds. The van der Waals surface area contributed by atoms with E-state index in [2.05, 4.69) is 10.3 Å². The number of carbonyl (C=O) groups is 1. The minimum absolute atomic E-state index is 0.157. The molecule has 1 atom stereocenters. The fraction of sp³-hybridized carbons (Fsp3) is 0.200. The molecule has 0 aliphatic carbocycles. The summed E-state index contributed by atoms with van der Waals surface area (Å²) in [6, 6.07) is 19.1. The molecule has 2 heterocycles. The standard InChI is InChI=1S/C25H22FN3O3/c1-31-18-11-8-16(9-12-18)17-10-13-23-21(15-17)27-24(32-23)22-7-4-14-29(22)25(30)28-20-6-3-2-5-19(20)26/h2-3,5-6,8-13,15,22H,4,7,14H2,1H3,(H,28,30)/t22-/m0/s1. The van der Waals surface area contributed by atoms with Gasteiger partial charge in [-0.25, -0.2) is 14.2 Å². The molecule has 0 spiro atoms. The lowest BCUT2D eigenvalue weighted by molar-refractivity contribution is 0.198. The predicted molar refractivity (Wildman–Crippen MR) is 120 cm³/mol. The molecule has 1 aliphatic heterocycles. The Morgan fingerprint density at radius 3 is 2.69 bits per heavy atom. The Hall–Kier alpha value is -3.87. The second kappa shape index (κ2) is 8.34. The van der Waals surface area contributed by atoms with Gasteiger partial charge in [0.05, 0.1) is 12.8 Å². The Morgan fingerprint density at radius 1 is 1.12 bits per heavy atom. The second-order valence-electron chi connectivity index (χ2n) is 7.72. The van der Waals surface area contributed by atoms with E-state index in [4.69, 9.17) is 9.15 Å². The number of benzene rings is 3. The van der Waals surface area contributed by atoms with Gasteiger partial charge in [-0.2, -0.15) is 0 Å². The van der Waals surface area contributed by atoms with Crippen molar-refractivity contribution in [2.24, 2.45) is 0 Å². The summed E-state index contributed by atoms with van der Waals surface area (Å²) in [4.78, 5) is 19.2. The molecule has 1 saturated heterocycles. The van der Waals surface area contributed by atoms with Gasteiger partial charge in [0.25, 0.3) is 0 Å².